The maximum Gasteiger partial charge on any atom is 0.227 e. The smallest absolute Gasteiger partial charge is 0.227 e. The number of nitrogens with zero attached hydrogens (tertiary/aromatic N) is 4. The van der Waals surface area contributed by atoms with Crippen molar-refractivity contribution in [2.24, 2.45) is 0 Å². The summed E-state index contributed by atoms with van der Waals surface area (Å²) in [7, 11) is 1.58. The minimum absolute atomic E-state index is 0.485. The number of aryl methyl sites for hydroxylation is 2. The molecule has 0 radical (unpaired) electrons. The van der Waals surface area contributed by atoms with Crippen LogP contribution in [0.1, 0.15) is 30.8 Å². The van der Waals surface area contributed by atoms with E-state index in [0.29, 0.717) is 44.8 Å². The lowest BCUT2D eigenvalue weighted by Gasteiger charge is -2.19. The van der Waals surface area contributed by atoms with Gasteiger partial charge in [-0.1, -0.05) is 35.4 Å². The molecule has 1 aromatic carbocycles. The molecule has 0 saturated carbocycles. The number of hydrogen-bond acceptors (Lipinski definition) is 6. The van der Waals surface area contributed by atoms with Crippen LogP contribution in [0.5, 0.6) is 5.75 Å². The van der Waals surface area contributed by atoms with Crippen LogP contribution in [-0.4, -0.2) is 45.8 Å². The molecule has 3 aromatic rings. The van der Waals surface area contributed by atoms with Gasteiger partial charge in [-0.25, -0.2) is 4.98 Å². The normalized spacial score (nSPS) is 16.1. The van der Waals surface area contributed by atoms with E-state index < -0.39 is 0 Å². The first kappa shape index (κ1) is 21.9. The molecule has 0 amide bonds. The number of halogens is 2. The number of benzene rings is 1. The molecule has 1 aliphatic rings. The average Bonchev–Trinajstić information content (AvgIpc) is 3.07. The number of hydrogen-bond donors (Lipinski definition) is 2. The van der Waals surface area contributed by atoms with Crippen LogP contribution in [0.25, 0.3) is 16.8 Å². The fourth-order valence-corrected chi connectivity index (χ4v) is 4.54. The van der Waals surface area contributed by atoms with E-state index in [4.69, 9.17) is 27.9 Å². The van der Waals surface area contributed by atoms with Gasteiger partial charge in [0.25, 0.3) is 0 Å². The molecule has 0 spiro atoms. The molecule has 31 heavy (non-hydrogen) atoms. The quantitative estimate of drug-likeness (QED) is 0.388. The number of fused-ring (bicyclic) bond motifs is 1. The van der Waals surface area contributed by atoms with Gasteiger partial charge in [0.05, 0.1) is 28.4 Å². The van der Waals surface area contributed by atoms with Crippen LogP contribution in [-0.2, 0) is 0 Å². The van der Waals surface area contributed by atoms with Gasteiger partial charge in [-0.2, -0.15) is 14.6 Å². The van der Waals surface area contributed by atoms with Crippen molar-refractivity contribution in [1.29, 1.82) is 0 Å². The summed E-state index contributed by atoms with van der Waals surface area (Å²) < 4.78 is 6.99. The van der Waals surface area contributed by atoms with E-state index in [1.807, 2.05) is 13.8 Å². The summed E-state index contributed by atoms with van der Waals surface area (Å²) in [4.78, 5) is 9.20. The van der Waals surface area contributed by atoms with Gasteiger partial charge in [-0.15, -0.1) is 0 Å². The third-order valence-corrected chi connectivity index (χ3v) is 5.98. The molecule has 1 aliphatic carbocycles. The van der Waals surface area contributed by atoms with Crippen LogP contribution in [0.2, 0.25) is 10.0 Å². The first-order valence-corrected chi connectivity index (χ1v) is 11.1. The summed E-state index contributed by atoms with van der Waals surface area (Å²) in [6.07, 6.45) is 7.90. The zero-order chi connectivity index (χ0) is 22.0. The molecule has 9 heteroatoms. The summed E-state index contributed by atoms with van der Waals surface area (Å²) in [5, 5.41) is 12.6. The maximum absolute atomic E-state index is 6.56. The molecule has 7 nitrogen and oxygen atoms in total. The maximum atomic E-state index is 6.56. The fraction of sp³-hybridized carbons (Fsp3) is 0.409. The van der Waals surface area contributed by atoms with Crippen molar-refractivity contribution in [1.82, 2.24) is 24.9 Å². The van der Waals surface area contributed by atoms with Crippen molar-refractivity contribution in [3.63, 3.8) is 0 Å². The Bertz CT molecular complexity index is 1100. The molecular formula is C22H26Cl2N6O. The summed E-state index contributed by atoms with van der Waals surface area (Å²) in [5.41, 5.74) is 2.90. The predicted octanol–water partition coefficient (Wildman–Crippen LogP) is 4.83. The van der Waals surface area contributed by atoms with Gasteiger partial charge >= 0.3 is 0 Å². The fourth-order valence-electron chi connectivity index (χ4n) is 3.89. The summed E-state index contributed by atoms with van der Waals surface area (Å²) in [6.45, 7) is 5.34. The van der Waals surface area contributed by atoms with E-state index >= 15 is 0 Å². The Morgan fingerprint density at radius 3 is 2.55 bits per heavy atom. The van der Waals surface area contributed by atoms with Gasteiger partial charge in [0.1, 0.15) is 11.6 Å². The zero-order valence-corrected chi connectivity index (χ0v) is 19.4. The molecular weight excluding hydrogens is 435 g/mol. The molecule has 2 aromatic heterocycles. The van der Waals surface area contributed by atoms with Crippen molar-refractivity contribution in [2.45, 2.75) is 39.2 Å². The number of ether oxygens (including phenoxy) is 1. The van der Waals surface area contributed by atoms with E-state index in [1.54, 1.807) is 23.8 Å². The number of anilines is 1. The van der Waals surface area contributed by atoms with Crippen LogP contribution in [0.4, 0.5) is 5.95 Å². The largest absolute Gasteiger partial charge is 0.497 e. The number of allylic oxidation sites excluding steroid dienone is 1. The molecule has 2 heterocycles. The zero-order valence-electron chi connectivity index (χ0n) is 17.9. The van der Waals surface area contributed by atoms with Crippen LogP contribution >= 0.6 is 23.2 Å². The van der Waals surface area contributed by atoms with E-state index in [9.17, 15) is 0 Å². The lowest BCUT2D eigenvalue weighted by atomic mass is 10.0. The second-order valence-corrected chi connectivity index (χ2v) is 8.43. The lowest BCUT2D eigenvalue weighted by Crippen LogP contribution is -2.33. The standard InChI is InChI=1S/C22H26Cl2N6O/c1-13-19(20-17(23)11-16(31-3)12-18(20)24)21-27-14(2)28-22(30(21)29-13)26-10-9-25-15-7-5-4-6-8-15/h4-5,11-12,15,25H,6-10H2,1-3H3,(H,26,27,28). The Morgan fingerprint density at radius 1 is 1.10 bits per heavy atom. The number of rotatable bonds is 7. The number of methoxy groups -OCH3 is 1. The van der Waals surface area contributed by atoms with E-state index in [0.717, 1.165) is 37.2 Å². The van der Waals surface area contributed by atoms with E-state index in [-0.39, 0.29) is 0 Å². The third-order valence-electron chi connectivity index (χ3n) is 5.38. The Labute approximate surface area is 191 Å². The van der Waals surface area contributed by atoms with Gasteiger partial charge in [0.15, 0.2) is 5.65 Å². The first-order valence-electron chi connectivity index (χ1n) is 10.4. The molecule has 0 aliphatic heterocycles. The van der Waals surface area contributed by atoms with Crippen molar-refractivity contribution < 1.29 is 4.74 Å². The minimum Gasteiger partial charge on any atom is -0.497 e. The Hall–Kier alpha value is -2.35. The van der Waals surface area contributed by atoms with Crippen molar-refractivity contribution in [3.05, 3.63) is 45.8 Å². The second-order valence-electron chi connectivity index (χ2n) is 7.62. The molecule has 164 valence electrons. The van der Waals surface area contributed by atoms with E-state index in [1.165, 1.54) is 6.42 Å². The monoisotopic (exact) mass is 460 g/mol. The molecule has 1 unspecified atom stereocenters. The highest BCUT2D eigenvalue weighted by Gasteiger charge is 2.22. The van der Waals surface area contributed by atoms with Crippen molar-refractivity contribution in [2.75, 3.05) is 25.5 Å². The van der Waals surface area contributed by atoms with Crippen LogP contribution in [0.3, 0.4) is 0 Å². The number of aromatic nitrogens is 4. The van der Waals surface area contributed by atoms with Gasteiger partial charge < -0.3 is 15.4 Å². The first-order chi connectivity index (χ1) is 15.0. The molecule has 0 fully saturated rings. The van der Waals surface area contributed by atoms with E-state index in [2.05, 4.69) is 37.9 Å². The Balaban J connectivity index is 1.62. The molecule has 2 N–H and O–H groups in total. The predicted molar refractivity (Wildman–Crippen MR) is 126 cm³/mol. The molecule has 4 rings (SSSR count). The molecule has 1 atom stereocenters. The minimum atomic E-state index is 0.485. The van der Waals surface area contributed by atoms with Crippen LogP contribution in [0, 0.1) is 13.8 Å². The number of nitrogens with one attached hydrogen (secondary N) is 2. The van der Waals surface area contributed by atoms with Gasteiger partial charge in [-0.05, 0) is 45.2 Å². The highest BCUT2D eigenvalue weighted by molar-refractivity contribution is 6.39. The highest BCUT2D eigenvalue weighted by atomic mass is 35.5. The molecule has 0 saturated heterocycles. The van der Waals surface area contributed by atoms with Crippen molar-refractivity contribution >= 4 is 34.8 Å². The molecule has 0 bridgehead atoms. The third kappa shape index (κ3) is 4.63. The SMILES string of the molecule is COc1cc(Cl)c(-c2c(C)nn3c(NCCNC4CC=CCC4)nc(C)nc23)c(Cl)c1. The second kappa shape index (κ2) is 9.42. The summed E-state index contributed by atoms with van der Waals surface area (Å²) in [6, 6.07) is 4.02. The van der Waals surface area contributed by atoms with Crippen LogP contribution < -0.4 is 15.4 Å². The highest BCUT2D eigenvalue weighted by Crippen LogP contribution is 2.41. The topological polar surface area (TPSA) is 76.4 Å². The van der Waals surface area contributed by atoms with Gasteiger partial charge in [0.2, 0.25) is 5.95 Å². The van der Waals surface area contributed by atoms with Gasteiger partial charge in [0, 0.05) is 24.7 Å². The van der Waals surface area contributed by atoms with Crippen LogP contribution in [0.15, 0.2) is 24.3 Å². The lowest BCUT2D eigenvalue weighted by molar-refractivity contribution is 0.415. The average molecular weight is 461 g/mol. The summed E-state index contributed by atoms with van der Waals surface area (Å²) in [5.74, 6) is 1.88. The van der Waals surface area contributed by atoms with Gasteiger partial charge in [-0.3, -0.25) is 0 Å². The summed E-state index contributed by atoms with van der Waals surface area (Å²) >= 11 is 13.1. The Kier molecular flexibility index (Phi) is 6.65. The van der Waals surface area contributed by atoms with Crippen molar-refractivity contribution in [3.8, 4) is 16.9 Å². The Morgan fingerprint density at radius 2 is 1.87 bits per heavy atom.